The summed E-state index contributed by atoms with van der Waals surface area (Å²) >= 11 is 0. The molecule has 0 aromatic carbocycles. The highest BCUT2D eigenvalue weighted by Gasteiger charge is 2.18. The first-order valence-electron chi connectivity index (χ1n) is 30.1. The molecule has 2 atom stereocenters. The second kappa shape index (κ2) is 56.9. The molecule has 0 aliphatic carbocycles. The average molecular weight is 945 g/mol. The molecule has 6 heteroatoms. The SMILES string of the molecule is CCCCCCCC/C=C\CCCCCCCCCCCC(=O)OCCCCCCCCCCCCCCCCCCCCCCCCC(=O)NC(CO)C(O)/C=C/CCCCCCCCC. The van der Waals surface area contributed by atoms with Crippen LogP contribution in [0.1, 0.15) is 328 Å². The zero-order valence-electron chi connectivity index (χ0n) is 45.1. The Labute approximate surface area is 418 Å². The monoisotopic (exact) mass is 944 g/mol. The van der Waals surface area contributed by atoms with Crippen LogP contribution in [0.3, 0.4) is 0 Å². The molecule has 0 bridgehead atoms. The lowest BCUT2D eigenvalue weighted by atomic mass is 10.0. The van der Waals surface area contributed by atoms with Crippen LogP contribution in [0.2, 0.25) is 0 Å². The van der Waals surface area contributed by atoms with Gasteiger partial charge in [0.05, 0.1) is 25.4 Å². The molecule has 0 aliphatic heterocycles. The van der Waals surface area contributed by atoms with Gasteiger partial charge in [0.1, 0.15) is 0 Å². The average Bonchev–Trinajstić information content (AvgIpc) is 3.33. The molecule has 3 N–H and O–H groups in total. The number of carbonyl (C=O) groups excluding carboxylic acids is 2. The number of carbonyl (C=O) groups is 2. The highest BCUT2D eigenvalue weighted by Crippen LogP contribution is 2.17. The lowest BCUT2D eigenvalue weighted by molar-refractivity contribution is -0.143. The first-order valence-corrected chi connectivity index (χ1v) is 30.1. The van der Waals surface area contributed by atoms with Crippen molar-refractivity contribution in [2.24, 2.45) is 0 Å². The second-order valence-electron chi connectivity index (χ2n) is 20.7. The normalized spacial score (nSPS) is 12.7. The lowest BCUT2D eigenvalue weighted by Gasteiger charge is -2.20. The Morgan fingerprint density at radius 2 is 0.701 bits per heavy atom. The third-order valence-corrected chi connectivity index (χ3v) is 14.0. The molecule has 0 aromatic rings. The van der Waals surface area contributed by atoms with E-state index in [0.717, 1.165) is 44.9 Å². The molecule has 0 spiro atoms. The van der Waals surface area contributed by atoms with Gasteiger partial charge >= 0.3 is 5.97 Å². The van der Waals surface area contributed by atoms with Crippen molar-refractivity contribution >= 4 is 11.9 Å². The highest BCUT2D eigenvalue weighted by molar-refractivity contribution is 5.76. The summed E-state index contributed by atoms with van der Waals surface area (Å²) in [5, 5.41) is 22.9. The Balaban J connectivity index is 3.34. The second-order valence-corrected chi connectivity index (χ2v) is 20.7. The van der Waals surface area contributed by atoms with Crippen molar-refractivity contribution < 1.29 is 24.5 Å². The number of aliphatic hydroxyl groups is 2. The third-order valence-electron chi connectivity index (χ3n) is 14.0. The van der Waals surface area contributed by atoms with Crippen LogP contribution in [0.25, 0.3) is 0 Å². The first-order chi connectivity index (χ1) is 33.0. The van der Waals surface area contributed by atoms with Gasteiger partial charge in [-0.2, -0.15) is 0 Å². The van der Waals surface area contributed by atoms with Crippen LogP contribution < -0.4 is 5.32 Å². The van der Waals surface area contributed by atoms with E-state index in [0.29, 0.717) is 19.4 Å². The summed E-state index contributed by atoms with van der Waals surface area (Å²) in [4.78, 5) is 24.5. The maximum atomic E-state index is 12.4. The Morgan fingerprint density at radius 1 is 0.403 bits per heavy atom. The predicted molar refractivity (Wildman–Crippen MR) is 292 cm³/mol. The molecule has 0 heterocycles. The number of allylic oxidation sites excluding steroid dienone is 3. The highest BCUT2D eigenvalue weighted by atomic mass is 16.5. The minimum absolute atomic E-state index is 0.0123. The van der Waals surface area contributed by atoms with E-state index in [9.17, 15) is 19.8 Å². The minimum Gasteiger partial charge on any atom is -0.466 e. The molecule has 0 saturated carbocycles. The Hall–Kier alpha value is -1.66. The molecule has 396 valence electrons. The minimum atomic E-state index is -0.842. The van der Waals surface area contributed by atoms with Crippen molar-refractivity contribution in [2.45, 2.75) is 341 Å². The molecule has 2 unspecified atom stereocenters. The maximum absolute atomic E-state index is 12.4. The molecular formula is C61H117NO5. The number of nitrogens with one attached hydrogen (secondary N) is 1. The summed E-state index contributed by atoms with van der Waals surface area (Å²) in [6, 6.07) is -0.625. The Morgan fingerprint density at radius 3 is 1.06 bits per heavy atom. The number of aliphatic hydroxyl groups excluding tert-OH is 2. The lowest BCUT2D eigenvalue weighted by Crippen LogP contribution is -2.45. The van der Waals surface area contributed by atoms with E-state index in [1.807, 2.05) is 6.08 Å². The van der Waals surface area contributed by atoms with Gasteiger partial charge < -0.3 is 20.3 Å². The number of unbranched alkanes of at least 4 members (excludes halogenated alkanes) is 43. The third kappa shape index (κ3) is 53.5. The molecule has 0 aliphatic rings. The quantitative estimate of drug-likeness (QED) is 0.0321. The fourth-order valence-corrected chi connectivity index (χ4v) is 9.34. The zero-order chi connectivity index (χ0) is 48.6. The molecule has 1 amide bonds. The summed E-state index contributed by atoms with van der Waals surface area (Å²) in [5.41, 5.74) is 0. The molecule has 0 rings (SSSR count). The topological polar surface area (TPSA) is 95.9 Å². The van der Waals surface area contributed by atoms with Crippen molar-refractivity contribution in [3.8, 4) is 0 Å². The summed E-state index contributed by atoms with van der Waals surface area (Å²) in [6.07, 6.45) is 69.4. The number of hydrogen-bond acceptors (Lipinski definition) is 5. The van der Waals surface area contributed by atoms with Crippen LogP contribution >= 0.6 is 0 Å². The van der Waals surface area contributed by atoms with Gasteiger partial charge in [-0.1, -0.05) is 282 Å². The van der Waals surface area contributed by atoms with Crippen LogP contribution in [0.15, 0.2) is 24.3 Å². The van der Waals surface area contributed by atoms with Gasteiger partial charge in [-0.3, -0.25) is 9.59 Å². The van der Waals surface area contributed by atoms with E-state index in [-0.39, 0.29) is 18.5 Å². The molecule has 0 aromatic heterocycles. The number of rotatable bonds is 56. The first kappa shape index (κ1) is 65.3. The van der Waals surface area contributed by atoms with Crippen molar-refractivity contribution in [1.29, 1.82) is 0 Å². The summed E-state index contributed by atoms with van der Waals surface area (Å²) < 4.78 is 5.50. The summed E-state index contributed by atoms with van der Waals surface area (Å²) in [6.45, 7) is 4.88. The number of hydrogen-bond donors (Lipinski definition) is 3. The van der Waals surface area contributed by atoms with Crippen molar-refractivity contribution in [3.63, 3.8) is 0 Å². The van der Waals surface area contributed by atoms with Gasteiger partial charge in [0.15, 0.2) is 0 Å². The van der Waals surface area contributed by atoms with Crippen molar-refractivity contribution in [3.05, 3.63) is 24.3 Å². The van der Waals surface area contributed by atoms with Crippen LogP contribution in [0, 0.1) is 0 Å². The number of amides is 1. The molecule has 6 nitrogen and oxygen atoms in total. The predicted octanol–water partition coefficient (Wildman–Crippen LogP) is 18.6. The molecular weight excluding hydrogens is 827 g/mol. The number of ether oxygens (including phenoxy) is 1. The maximum Gasteiger partial charge on any atom is 0.305 e. The fourth-order valence-electron chi connectivity index (χ4n) is 9.34. The molecule has 0 fully saturated rings. The van der Waals surface area contributed by atoms with Crippen LogP contribution in [0.4, 0.5) is 0 Å². The van der Waals surface area contributed by atoms with E-state index in [1.54, 1.807) is 6.08 Å². The van der Waals surface area contributed by atoms with Gasteiger partial charge in [0.2, 0.25) is 5.91 Å². The van der Waals surface area contributed by atoms with E-state index in [2.05, 4.69) is 31.3 Å². The van der Waals surface area contributed by atoms with E-state index >= 15 is 0 Å². The molecule has 0 saturated heterocycles. The van der Waals surface area contributed by atoms with Gasteiger partial charge in [-0.15, -0.1) is 0 Å². The summed E-state index contributed by atoms with van der Waals surface area (Å²) in [7, 11) is 0. The van der Waals surface area contributed by atoms with Gasteiger partial charge in [-0.25, -0.2) is 0 Å². The van der Waals surface area contributed by atoms with Crippen molar-refractivity contribution in [2.75, 3.05) is 13.2 Å². The molecule has 67 heavy (non-hydrogen) atoms. The molecule has 0 radical (unpaired) electrons. The van der Waals surface area contributed by atoms with Crippen LogP contribution in [0.5, 0.6) is 0 Å². The van der Waals surface area contributed by atoms with Gasteiger partial charge in [-0.05, 0) is 57.8 Å². The summed E-state index contributed by atoms with van der Waals surface area (Å²) in [5.74, 6) is -0.0579. The van der Waals surface area contributed by atoms with Crippen LogP contribution in [-0.2, 0) is 14.3 Å². The largest absolute Gasteiger partial charge is 0.466 e. The van der Waals surface area contributed by atoms with E-state index < -0.39 is 12.1 Å². The van der Waals surface area contributed by atoms with Crippen LogP contribution in [-0.4, -0.2) is 47.4 Å². The van der Waals surface area contributed by atoms with E-state index in [4.69, 9.17) is 4.74 Å². The Kier molecular flexibility index (Phi) is 55.5. The zero-order valence-corrected chi connectivity index (χ0v) is 45.1. The van der Waals surface area contributed by atoms with Gasteiger partial charge in [0, 0.05) is 12.8 Å². The Bertz CT molecular complexity index is 1040. The fraction of sp³-hybridized carbons (Fsp3) is 0.902. The number of esters is 1. The van der Waals surface area contributed by atoms with Gasteiger partial charge in [0.25, 0.3) is 0 Å². The smallest absolute Gasteiger partial charge is 0.305 e. The van der Waals surface area contributed by atoms with Crippen molar-refractivity contribution in [1.82, 2.24) is 5.32 Å². The van der Waals surface area contributed by atoms with E-state index in [1.165, 1.54) is 257 Å². The standard InChI is InChI=1S/C61H117NO5/c1-3-5-7-9-11-13-14-15-16-17-22-26-29-32-35-39-43-47-51-55-61(66)67-56-52-48-44-40-36-33-30-27-24-21-19-18-20-23-25-28-31-34-38-42-46-50-54-60(65)62-58(57-63)59(64)53-49-45-41-37-12-10-8-6-4-2/h15-16,49,53,58-59,63-64H,3-14,17-48,50-52,54-57H2,1-2H3,(H,62,65)/b16-15-,53-49+.